The fourth-order valence-corrected chi connectivity index (χ4v) is 4.52. The van der Waals surface area contributed by atoms with Crippen molar-refractivity contribution in [3.8, 4) is 0 Å². The summed E-state index contributed by atoms with van der Waals surface area (Å²) in [4.78, 5) is 27.6. The van der Waals surface area contributed by atoms with Gasteiger partial charge >= 0.3 is 6.03 Å². The van der Waals surface area contributed by atoms with E-state index in [1.54, 1.807) is 12.1 Å². The lowest BCUT2D eigenvalue weighted by Crippen LogP contribution is -2.57. The SMILES string of the molecule is O=C1N[C@@](Cc2ccc(F)cc2)(C2CCNCC2)C(=O)N1CC1CCC1. The van der Waals surface area contributed by atoms with Crippen molar-refractivity contribution in [2.45, 2.75) is 44.1 Å². The van der Waals surface area contributed by atoms with Gasteiger partial charge < -0.3 is 10.6 Å². The number of rotatable bonds is 5. The molecule has 5 nitrogen and oxygen atoms in total. The molecular formula is C20H26FN3O2. The van der Waals surface area contributed by atoms with Gasteiger partial charge in [-0.3, -0.25) is 9.69 Å². The third kappa shape index (κ3) is 3.11. The normalized spacial score (nSPS) is 27.5. The van der Waals surface area contributed by atoms with Crippen LogP contribution < -0.4 is 10.6 Å². The largest absolute Gasteiger partial charge is 0.325 e. The molecule has 0 bridgehead atoms. The first-order valence-electron chi connectivity index (χ1n) is 9.68. The van der Waals surface area contributed by atoms with E-state index in [-0.39, 0.29) is 23.7 Å². The summed E-state index contributed by atoms with van der Waals surface area (Å²) in [5.41, 5.74) is -0.0232. The summed E-state index contributed by atoms with van der Waals surface area (Å²) in [6, 6.07) is 6.00. The Morgan fingerprint density at radius 1 is 1.08 bits per heavy atom. The van der Waals surface area contributed by atoms with E-state index in [2.05, 4.69) is 10.6 Å². The minimum atomic E-state index is -0.902. The lowest BCUT2D eigenvalue weighted by molar-refractivity contribution is -0.134. The highest BCUT2D eigenvalue weighted by Gasteiger charge is 2.55. The molecule has 3 fully saturated rings. The fraction of sp³-hybridized carbons (Fsp3) is 0.600. The maximum atomic E-state index is 13.4. The predicted molar refractivity (Wildman–Crippen MR) is 96.0 cm³/mol. The van der Waals surface area contributed by atoms with Crippen LogP contribution in [0.15, 0.2) is 24.3 Å². The van der Waals surface area contributed by atoms with Gasteiger partial charge in [0, 0.05) is 13.0 Å². The van der Waals surface area contributed by atoms with Crippen molar-refractivity contribution in [3.05, 3.63) is 35.6 Å². The fourth-order valence-electron chi connectivity index (χ4n) is 4.52. The van der Waals surface area contributed by atoms with Crippen LogP contribution in [0.25, 0.3) is 0 Å². The molecule has 2 aliphatic heterocycles. The van der Waals surface area contributed by atoms with Crippen LogP contribution in [-0.2, 0) is 11.2 Å². The van der Waals surface area contributed by atoms with Crippen molar-refractivity contribution in [3.63, 3.8) is 0 Å². The van der Waals surface area contributed by atoms with Crippen molar-refractivity contribution in [1.82, 2.24) is 15.5 Å². The molecule has 1 atom stereocenters. The molecule has 3 aliphatic rings. The first-order valence-corrected chi connectivity index (χ1v) is 9.68. The number of halogens is 1. The van der Waals surface area contributed by atoms with Gasteiger partial charge in [-0.2, -0.15) is 0 Å². The number of piperidine rings is 1. The van der Waals surface area contributed by atoms with Crippen LogP contribution in [0.3, 0.4) is 0 Å². The average molecular weight is 359 g/mol. The molecule has 0 spiro atoms. The van der Waals surface area contributed by atoms with Gasteiger partial charge in [0.15, 0.2) is 0 Å². The van der Waals surface area contributed by atoms with Crippen LogP contribution in [0.4, 0.5) is 9.18 Å². The van der Waals surface area contributed by atoms with Gasteiger partial charge in [0.25, 0.3) is 5.91 Å². The number of nitrogens with one attached hydrogen (secondary N) is 2. The first-order chi connectivity index (χ1) is 12.6. The maximum Gasteiger partial charge on any atom is 0.325 e. The van der Waals surface area contributed by atoms with Crippen LogP contribution in [0, 0.1) is 17.7 Å². The number of carbonyl (C=O) groups excluding carboxylic acids is 2. The molecule has 1 aliphatic carbocycles. The average Bonchev–Trinajstić information content (AvgIpc) is 2.85. The Balaban J connectivity index is 1.62. The summed E-state index contributed by atoms with van der Waals surface area (Å²) < 4.78 is 13.3. The second-order valence-corrected chi connectivity index (χ2v) is 7.94. The number of benzene rings is 1. The molecule has 2 saturated heterocycles. The molecule has 1 saturated carbocycles. The van der Waals surface area contributed by atoms with E-state index < -0.39 is 5.54 Å². The van der Waals surface area contributed by atoms with Crippen LogP contribution in [-0.4, -0.2) is 42.0 Å². The maximum absolute atomic E-state index is 13.4. The summed E-state index contributed by atoms with van der Waals surface area (Å²) in [6.07, 6.45) is 5.49. The zero-order valence-corrected chi connectivity index (χ0v) is 15.0. The monoisotopic (exact) mass is 359 g/mol. The van der Waals surface area contributed by atoms with E-state index in [0.717, 1.165) is 44.3 Å². The van der Waals surface area contributed by atoms with Gasteiger partial charge in [-0.15, -0.1) is 0 Å². The van der Waals surface area contributed by atoms with Crippen molar-refractivity contribution >= 4 is 11.9 Å². The van der Waals surface area contributed by atoms with Gasteiger partial charge in [0.1, 0.15) is 11.4 Å². The summed E-state index contributed by atoms with van der Waals surface area (Å²) in [7, 11) is 0. The third-order valence-corrected chi connectivity index (χ3v) is 6.30. The number of urea groups is 1. The molecule has 2 N–H and O–H groups in total. The number of imide groups is 1. The summed E-state index contributed by atoms with van der Waals surface area (Å²) >= 11 is 0. The van der Waals surface area contributed by atoms with Gasteiger partial charge in [-0.1, -0.05) is 18.6 Å². The number of hydrogen-bond acceptors (Lipinski definition) is 3. The number of nitrogens with zero attached hydrogens (tertiary/aromatic N) is 1. The standard InChI is InChI=1S/C20H26FN3O2/c21-17-6-4-14(5-7-17)12-20(16-8-10-22-11-9-16)18(25)24(19(26)23-20)13-15-2-1-3-15/h4-7,15-16,22H,1-3,8-13H2,(H,23,26)/t20-/m0/s1. The van der Waals surface area contributed by atoms with Crippen LogP contribution in [0.2, 0.25) is 0 Å². The Bertz CT molecular complexity index is 683. The Morgan fingerprint density at radius 3 is 2.38 bits per heavy atom. The van der Waals surface area contributed by atoms with E-state index in [0.29, 0.717) is 18.9 Å². The second-order valence-electron chi connectivity index (χ2n) is 7.94. The van der Waals surface area contributed by atoms with Gasteiger partial charge in [0.2, 0.25) is 0 Å². The smallest absolute Gasteiger partial charge is 0.322 e. The zero-order chi connectivity index (χ0) is 18.1. The van der Waals surface area contributed by atoms with Gasteiger partial charge in [-0.05, 0) is 68.3 Å². The quantitative estimate of drug-likeness (QED) is 0.794. The molecule has 3 amide bonds. The molecule has 0 aromatic heterocycles. The number of hydrogen-bond donors (Lipinski definition) is 2. The van der Waals surface area contributed by atoms with Crippen molar-refractivity contribution in [2.75, 3.05) is 19.6 Å². The zero-order valence-electron chi connectivity index (χ0n) is 15.0. The van der Waals surface area contributed by atoms with E-state index >= 15 is 0 Å². The summed E-state index contributed by atoms with van der Waals surface area (Å²) in [5.74, 6) is 0.152. The van der Waals surface area contributed by atoms with Crippen molar-refractivity contribution in [1.29, 1.82) is 0 Å². The highest BCUT2D eigenvalue weighted by Crippen LogP contribution is 2.37. The van der Waals surface area contributed by atoms with E-state index in [4.69, 9.17) is 0 Å². The highest BCUT2D eigenvalue weighted by molar-refractivity contribution is 6.07. The molecule has 0 unspecified atom stereocenters. The molecule has 26 heavy (non-hydrogen) atoms. The Morgan fingerprint density at radius 2 is 1.77 bits per heavy atom. The number of amides is 3. The minimum absolute atomic E-state index is 0.0920. The third-order valence-electron chi connectivity index (χ3n) is 6.30. The molecule has 1 aromatic rings. The Hall–Kier alpha value is -1.95. The molecular weight excluding hydrogens is 333 g/mol. The van der Waals surface area contributed by atoms with Crippen LogP contribution >= 0.6 is 0 Å². The Labute approximate surface area is 153 Å². The van der Waals surface area contributed by atoms with Crippen molar-refractivity contribution < 1.29 is 14.0 Å². The Kier molecular flexibility index (Phi) is 4.69. The number of carbonyl (C=O) groups is 2. The molecule has 0 radical (unpaired) electrons. The molecule has 140 valence electrons. The molecule has 4 rings (SSSR count). The summed E-state index contributed by atoms with van der Waals surface area (Å²) in [5, 5.41) is 6.40. The van der Waals surface area contributed by atoms with Gasteiger partial charge in [0.05, 0.1) is 0 Å². The lowest BCUT2D eigenvalue weighted by Gasteiger charge is -2.38. The molecule has 1 aromatic carbocycles. The van der Waals surface area contributed by atoms with Crippen LogP contribution in [0.5, 0.6) is 0 Å². The second kappa shape index (κ2) is 6.99. The molecule has 6 heteroatoms. The predicted octanol–water partition coefficient (Wildman–Crippen LogP) is 2.46. The van der Waals surface area contributed by atoms with E-state index in [1.165, 1.54) is 23.5 Å². The first kappa shape index (κ1) is 17.5. The minimum Gasteiger partial charge on any atom is -0.322 e. The van der Waals surface area contributed by atoms with Gasteiger partial charge in [-0.25, -0.2) is 9.18 Å². The van der Waals surface area contributed by atoms with E-state index in [1.807, 2.05) is 0 Å². The van der Waals surface area contributed by atoms with E-state index in [9.17, 15) is 14.0 Å². The molecule has 2 heterocycles. The highest BCUT2D eigenvalue weighted by atomic mass is 19.1. The topological polar surface area (TPSA) is 61.4 Å². The summed E-state index contributed by atoms with van der Waals surface area (Å²) in [6.45, 7) is 2.23. The van der Waals surface area contributed by atoms with Crippen LogP contribution in [0.1, 0.15) is 37.7 Å². The van der Waals surface area contributed by atoms with Crippen molar-refractivity contribution in [2.24, 2.45) is 11.8 Å². The lowest BCUT2D eigenvalue weighted by atomic mass is 9.74.